The summed E-state index contributed by atoms with van der Waals surface area (Å²) in [6.07, 6.45) is 1.96. The average molecular weight is 257 g/mol. The highest BCUT2D eigenvalue weighted by molar-refractivity contribution is 8.06. The van der Waals surface area contributed by atoms with Crippen molar-refractivity contribution in [1.29, 1.82) is 0 Å². The van der Waals surface area contributed by atoms with Crippen molar-refractivity contribution in [3.8, 4) is 0 Å². The SMILES string of the molecule is Cc1c(CNCC2CSCCS2)cnn1C. The van der Waals surface area contributed by atoms with Gasteiger partial charge in [-0.25, -0.2) is 0 Å². The predicted molar refractivity (Wildman–Crippen MR) is 73.2 cm³/mol. The van der Waals surface area contributed by atoms with Crippen LogP contribution in [0.3, 0.4) is 0 Å². The van der Waals surface area contributed by atoms with Gasteiger partial charge in [-0.05, 0) is 6.92 Å². The molecule has 0 bridgehead atoms. The molecule has 16 heavy (non-hydrogen) atoms. The summed E-state index contributed by atoms with van der Waals surface area (Å²) >= 11 is 4.18. The Morgan fingerprint density at radius 1 is 1.56 bits per heavy atom. The molecule has 2 rings (SSSR count). The van der Waals surface area contributed by atoms with Gasteiger partial charge in [0.1, 0.15) is 0 Å². The molecule has 1 saturated heterocycles. The molecule has 1 atom stereocenters. The Kier molecular flexibility index (Phi) is 4.61. The van der Waals surface area contributed by atoms with Crippen LogP contribution >= 0.6 is 23.5 Å². The summed E-state index contributed by atoms with van der Waals surface area (Å²) in [7, 11) is 1.99. The molecule has 0 saturated carbocycles. The number of nitrogens with zero attached hydrogens (tertiary/aromatic N) is 2. The van der Waals surface area contributed by atoms with E-state index in [0.717, 1.165) is 18.3 Å². The molecule has 0 aliphatic carbocycles. The first kappa shape index (κ1) is 12.3. The maximum Gasteiger partial charge on any atom is 0.0537 e. The van der Waals surface area contributed by atoms with E-state index in [0.29, 0.717) is 0 Å². The van der Waals surface area contributed by atoms with Crippen molar-refractivity contribution in [3.63, 3.8) is 0 Å². The third-order valence-corrected chi connectivity index (χ3v) is 5.75. The molecule has 0 spiro atoms. The van der Waals surface area contributed by atoms with Crippen LogP contribution in [0.5, 0.6) is 0 Å². The van der Waals surface area contributed by atoms with Gasteiger partial charge in [-0.3, -0.25) is 4.68 Å². The monoisotopic (exact) mass is 257 g/mol. The van der Waals surface area contributed by atoms with E-state index < -0.39 is 0 Å². The smallest absolute Gasteiger partial charge is 0.0537 e. The van der Waals surface area contributed by atoms with Crippen molar-refractivity contribution in [2.75, 3.05) is 23.8 Å². The number of thioether (sulfide) groups is 2. The Morgan fingerprint density at radius 2 is 2.44 bits per heavy atom. The molecule has 5 heteroatoms. The largest absolute Gasteiger partial charge is 0.311 e. The van der Waals surface area contributed by atoms with Crippen molar-refractivity contribution in [3.05, 3.63) is 17.5 Å². The topological polar surface area (TPSA) is 29.9 Å². The fraction of sp³-hybridized carbons (Fsp3) is 0.727. The second kappa shape index (κ2) is 5.98. The molecule has 1 unspecified atom stereocenters. The molecular weight excluding hydrogens is 238 g/mol. The summed E-state index contributed by atoms with van der Waals surface area (Å²) in [4.78, 5) is 0. The zero-order valence-corrected chi connectivity index (χ0v) is 11.5. The maximum atomic E-state index is 4.25. The van der Waals surface area contributed by atoms with E-state index >= 15 is 0 Å². The minimum absolute atomic E-state index is 0.788. The Bertz CT molecular complexity index is 332. The molecule has 1 aromatic rings. The number of aryl methyl sites for hydroxylation is 1. The number of rotatable bonds is 4. The first-order valence-electron chi connectivity index (χ1n) is 5.65. The predicted octanol–water partition coefficient (Wildman–Crippen LogP) is 1.67. The highest BCUT2D eigenvalue weighted by atomic mass is 32.2. The van der Waals surface area contributed by atoms with Crippen LogP contribution in [0.4, 0.5) is 0 Å². The van der Waals surface area contributed by atoms with Crippen molar-refractivity contribution in [2.24, 2.45) is 7.05 Å². The van der Waals surface area contributed by atoms with E-state index in [1.165, 1.54) is 28.5 Å². The van der Waals surface area contributed by atoms with Gasteiger partial charge in [0.2, 0.25) is 0 Å². The summed E-state index contributed by atoms with van der Waals surface area (Å²) in [6.45, 7) is 4.18. The second-order valence-corrected chi connectivity index (χ2v) is 6.64. The van der Waals surface area contributed by atoms with Gasteiger partial charge in [0.05, 0.1) is 6.20 Å². The van der Waals surface area contributed by atoms with Crippen LogP contribution in [0.1, 0.15) is 11.3 Å². The van der Waals surface area contributed by atoms with Crippen molar-refractivity contribution in [2.45, 2.75) is 18.7 Å². The first-order valence-corrected chi connectivity index (χ1v) is 7.85. The zero-order chi connectivity index (χ0) is 11.4. The number of nitrogens with one attached hydrogen (secondary N) is 1. The van der Waals surface area contributed by atoms with Gasteiger partial charge in [-0.1, -0.05) is 0 Å². The fourth-order valence-electron chi connectivity index (χ4n) is 1.74. The van der Waals surface area contributed by atoms with E-state index in [9.17, 15) is 0 Å². The van der Waals surface area contributed by atoms with E-state index in [-0.39, 0.29) is 0 Å². The third-order valence-electron chi connectivity index (χ3n) is 2.91. The van der Waals surface area contributed by atoms with Crippen LogP contribution in [0.15, 0.2) is 6.20 Å². The third kappa shape index (κ3) is 3.18. The molecule has 0 radical (unpaired) electrons. The lowest BCUT2D eigenvalue weighted by molar-refractivity contribution is 0.679. The van der Waals surface area contributed by atoms with Gasteiger partial charge in [0.25, 0.3) is 0 Å². The zero-order valence-electron chi connectivity index (χ0n) is 9.90. The van der Waals surface area contributed by atoms with Crippen molar-refractivity contribution in [1.82, 2.24) is 15.1 Å². The average Bonchev–Trinajstić information content (AvgIpc) is 2.62. The highest BCUT2D eigenvalue weighted by Crippen LogP contribution is 2.23. The van der Waals surface area contributed by atoms with Gasteiger partial charge in [0.15, 0.2) is 0 Å². The van der Waals surface area contributed by atoms with Gasteiger partial charge >= 0.3 is 0 Å². The van der Waals surface area contributed by atoms with Crippen LogP contribution < -0.4 is 5.32 Å². The van der Waals surface area contributed by atoms with Crippen LogP contribution in [-0.2, 0) is 13.6 Å². The quantitative estimate of drug-likeness (QED) is 0.888. The van der Waals surface area contributed by atoms with Crippen molar-refractivity contribution >= 4 is 23.5 Å². The maximum absolute atomic E-state index is 4.25. The minimum Gasteiger partial charge on any atom is -0.311 e. The Morgan fingerprint density at radius 3 is 3.06 bits per heavy atom. The fourth-order valence-corrected chi connectivity index (χ4v) is 4.39. The van der Waals surface area contributed by atoms with Crippen LogP contribution in [-0.4, -0.2) is 38.8 Å². The first-order chi connectivity index (χ1) is 7.77. The van der Waals surface area contributed by atoms with Gasteiger partial charge in [-0.2, -0.15) is 28.6 Å². The van der Waals surface area contributed by atoms with E-state index in [1.54, 1.807) is 0 Å². The molecule has 90 valence electrons. The standard InChI is InChI=1S/C11H19N3S2/c1-9-10(6-13-14(9)2)5-12-7-11-8-15-3-4-16-11/h6,11-12H,3-5,7-8H2,1-2H3. The Hall–Kier alpha value is -0.130. The normalized spacial score (nSPS) is 21.2. The van der Waals surface area contributed by atoms with Crippen LogP contribution in [0.2, 0.25) is 0 Å². The molecular formula is C11H19N3S2. The summed E-state index contributed by atoms with van der Waals surface area (Å²) in [6, 6.07) is 0. The van der Waals surface area contributed by atoms with Gasteiger partial charge in [0, 0.05) is 53.9 Å². The van der Waals surface area contributed by atoms with Gasteiger partial charge in [-0.15, -0.1) is 0 Å². The number of hydrogen-bond donors (Lipinski definition) is 1. The lowest BCUT2D eigenvalue weighted by Gasteiger charge is -2.21. The summed E-state index contributed by atoms with van der Waals surface area (Å²) in [5.41, 5.74) is 2.58. The molecule has 2 heterocycles. The summed E-state index contributed by atoms with van der Waals surface area (Å²) in [5.74, 6) is 3.93. The van der Waals surface area contributed by atoms with E-state index in [1.807, 2.05) is 17.9 Å². The molecule has 3 nitrogen and oxygen atoms in total. The van der Waals surface area contributed by atoms with Gasteiger partial charge < -0.3 is 5.32 Å². The summed E-state index contributed by atoms with van der Waals surface area (Å²) in [5, 5.41) is 8.57. The number of aromatic nitrogens is 2. The van der Waals surface area contributed by atoms with E-state index in [2.05, 4.69) is 40.9 Å². The lowest BCUT2D eigenvalue weighted by atomic mass is 10.2. The van der Waals surface area contributed by atoms with Crippen LogP contribution in [0, 0.1) is 6.92 Å². The molecule has 0 amide bonds. The molecule has 1 N–H and O–H groups in total. The van der Waals surface area contributed by atoms with E-state index in [4.69, 9.17) is 0 Å². The summed E-state index contributed by atoms with van der Waals surface area (Å²) < 4.78 is 1.93. The van der Waals surface area contributed by atoms with Crippen LogP contribution in [0.25, 0.3) is 0 Å². The molecule has 1 aliphatic rings. The molecule has 1 aliphatic heterocycles. The highest BCUT2D eigenvalue weighted by Gasteiger charge is 2.13. The second-order valence-electron chi connectivity index (χ2n) is 4.08. The Labute approximate surface area is 106 Å². The Balaban J connectivity index is 1.73. The van der Waals surface area contributed by atoms with Crippen molar-refractivity contribution < 1.29 is 0 Å². The lowest BCUT2D eigenvalue weighted by Crippen LogP contribution is -2.28. The molecule has 0 aromatic carbocycles. The minimum atomic E-state index is 0.788. The number of hydrogen-bond acceptors (Lipinski definition) is 4. The molecule has 1 fully saturated rings. The molecule has 1 aromatic heterocycles.